The van der Waals surface area contributed by atoms with E-state index in [-0.39, 0.29) is 6.79 Å². The summed E-state index contributed by atoms with van der Waals surface area (Å²) in [6.07, 6.45) is 3.38. The molecule has 0 atom stereocenters. The van der Waals surface area contributed by atoms with Gasteiger partial charge < -0.3 is 9.47 Å². The normalized spacial score (nSPS) is 9.67. The van der Waals surface area contributed by atoms with Crippen LogP contribution in [0, 0.1) is 0 Å². The Hall–Kier alpha value is -1.68. The van der Waals surface area contributed by atoms with E-state index in [9.17, 15) is 4.79 Å². The number of aromatic nitrogens is 1. The molecule has 0 aliphatic heterocycles. The molecule has 0 saturated carbocycles. The smallest absolute Gasteiger partial charge is 0.335 e. The monoisotopic (exact) mass is 207 g/mol. The quantitative estimate of drug-likeness (QED) is 0.319. The zero-order chi connectivity index (χ0) is 11.1. The number of rotatable bonds is 5. The zero-order valence-electron chi connectivity index (χ0n) is 8.60. The van der Waals surface area contributed by atoms with E-state index in [2.05, 4.69) is 11.6 Å². The van der Waals surface area contributed by atoms with Crippen molar-refractivity contribution in [1.82, 2.24) is 4.98 Å². The van der Waals surface area contributed by atoms with Gasteiger partial charge in [-0.3, -0.25) is 4.98 Å². The van der Waals surface area contributed by atoms with Crippen LogP contribution < -0.4 is 0 Å². The van der Waals surface area contributed by atoms with Gasteiger partial charge in [0, 0.05) is 18.0 Å². The summed E-state index contributed by atoms with van der Waals surface area (Å²) in [5, 5.41) is 0. The maximum atomic E-state index is 10.9. The number of hydrogen-bond donors (Lipinski definition) is 0. The second-order valence-corrected chi connectivity index (χ2v) is 3.04. The lowest BCUT2D eigenvalue weighted by Gasteiger charge is -2.05. The van der Waals surface area contributed by atoms with Gasteiger partial charge in [-0.15, -0.1) is 0 Å². The van der Waals surface area contributed by atoms with Crippen LogP contribution in [0.2, 0.25) is 0 Å². The summed E-state index contributed by atoms with van der Waals surface area (Å²) in [5.74, 6) is -0.443. The maximum Gasteiger partial charge on any atom is 0.335 e. The molecule has 0 aliphatic rings. The van der Waals surface area contributed by atoms with Gasteiger partial charge in [0.2, 0.25) is 0 Å². The molecule has 0 saturated heterocycles. The molecule has 0 bridgehead atoms. The highest BCUT2D eigenvalue weighted by Gasteiger charge is 2.01. The standard InChI is InChI=1S/C11H13NO3/c1-9(2)11(13)15-8-14-7-10-4-3-5-12-6-10/h3-6H,1,7-8H2,2H3. The largest absolute Gasteiger partial charge is 0.435 e. The van der Waals surface area contributed by atoms with Gasteiger partial charge in [-0.2, -0.15) is 0 Å². The first-order chi connectivity index (χ1) is 7.20. The van der Waals surface area contributed by atoms with E-state index < -0.39 is 5.97 Å². The lowest BCUT2D eigenvalue weighted by atomic mass is 10.3. The minimum atomic E-state index is -0.443. The fourth-order valence-corrected chi connectivity index (χ4v) is 0.861. The van der Waals surface area contributed by atoms with Gasteiger partial charge in [-0.05, 0) is 18.6 Å². The van der Waals surface area contributed by atoms with Gasteiger partial charge in [-0.1, -0.05) is 12.6 Å². The third kappa shape index (κ3) is 4.37. The SMILES string of the molecule is C=C(C)C(=O)OCOCc1cccnc1. The summed E-state index contributed by atoms with van der Waals surface area (Å²) in [6.45, 7) is 5.34. The molecule has 0 N–H and O–H groups in total. The second kappa shape index (κ2) is 5.93. The topological polar surface area (TPSA) is 48.4 Å². The van der Waals surface area contributed by atoms with Crippen LogP contribution in [-0.4, -0.2) is 17.7 Å². The number of carbonyl (C=O) groups is 1. The minimum absolute atomic E-state index is 0.0689. The van der Waals surface area contributed by atoms with Crippen LogP contribution in [0.3, 0.4) is 0 Å². The summed E-state index contributed by atoms with van der Waals surface area (Å²) >= 11 is 0. The Morgan fingerprint density at radius 3 is 3.00 bits per heavy atom. The van der Waals surface area contributed by atoms with E-state index in [1.807, 2.05) is 12.1 Å². The number of esters is 1. The van der Waals surface area contributed by atoms with Crippen LogP contribution in [0.4, 0.5) is 0 Å². The molecule has 4 nitrogen and oxygen atoms in total. The average molecular weight is 207 g/mol. The summed E-state index contributed by atoms with van der Waals surface area (Å²) in [6, 6.07) is 3.70. The van der Waals surface area contributed by atoms with E-state index in [1.165, 1.54) is 0 Å². The Kier molecular flexibility index (Phi) is 4.50. The third-order valence-electron chi connectivity index (χ3n) is 1.61. The molecule has 1 rings (SSSR count). The zero-order valence-corrected chi connectivity index (χ0v) is 8.60. The molecule has 0 fully saturated rings. The van der Waals surface area contributed by atoms with Crippen molar-refractivity contribution in [3.05, 3.63) is 42.2 Å². The Bertz CT molecular complexity index is 335. The Labute approximate surface area is 88.5 Å². The highest BCUT2D eigenvalue weighted by atomic mass is 16.7. The molecule has 0 radical (unpaired) electrons. The van der Waals surface area contributed by atoms with Crippen LogP contribution >= 0.6 is 0 Å². The highest BCUT2D eigenvalue weighted by Crippen LogP contribution is 1.99. The molecule has 0 unspecified atom stereocenters. The molecule has 0 spiro atoms. The fraction of sp³-hybridized carbons (Fsp3) is 0.273. The Morgan fingerprint density at radius 2 is 2.40 bits per heavy atom. The lowest BCUT2D eigenvalue weighted by Crippen LogP contribution is -2.08. The number of carbonyl (C=O) groups excluding carboxylic acids is 1. The van der Waals surface area contributed by atoms with Crippen molar-refractivity contribution in [3.63, 3.8) is 0 Å². The van der Waals surface area contributed by atoms with Crippen molar-refractivity contribution in [2.45, 2.75) is 13.5 Å². The van der Waals surface area contributed by atoms with E-state index in [0.29, 0.717) is 12.2 Å². The number of ether oxygens (including phenoxy) is 2. The van der Waals surface area contributed by atoms with Crippen LogP contribution in [0.25, 0.3) is 0 Å². The molecule has 0 aromatic carbocycles. The van der Waals surface area contributed by atoms with Crippen LogP contribution in [-0.2, 0) is 20.9 Å². The van der Waals surface area contributed by atoms with E-state index in [1.54, 1.807) is 19.3 Å². The number of hydrogen-bond acceptors (Lipinski definition) is 4. The maximum absolute atomic E-state index is 10.9. The van der Waals surface area contributed by atoms with E-state index in [4.69, 9.17) is 9.47 Å². The lowest BCUT2D eigenvalue weighted by molar-refractivity contribution is -0.152. The highest BCUT2D eigenvalue weighted by molar-refractivity contribution is 5.86. The van der Waals surface area contributed by atoms with Crippen molar-refractivity contribution in [3.8, 4) is 0 Å². The van der Waals surface area contributed by atoms with Gasteiger partial charge in [0.05, 0.1) is 6.61 Å². The molecule has 1 aromatic rings. The summed E-state index contributed by atoms with van der Waals surface area (Å²) in [5.41, 5.74) is 1.30. The van der Waals surface area contributed by atoms with Crippen molar-refractivity contribution < 1.29 is 14.3 Å². The van der Waals surface area contributed by atoms with Gasteiger partial charge >= 0.3 is 5.97 Å². The first-order valence-corrected chi connectivity index (χ1v) is 4.49. The first kappa shape index (κ1) is 11.4. The van der Waals surface area contributed by atoms with Crippen molar-refractivity contribution >= 4 is 5.97 Å². The average Bonchev–Trinajstić information content (AvgIpc) is 2.25. The summed E-state index contributed by atoms with van der Waals surface area (Å²) in [4.78, 5) is 14.9. The van der Waals surface area contributed by atoms with Gasteiger partial charge in [0.25, 0.3) is 0 Å². The number of nitrogens with zero attached hydrogens (tertiary/aromatic N) is 1. The van der Waals surface area contributed by atoms with Gasteiger partial charge in [0.1, 0.15) is 0 Å². The van der Waals surface area contributed by atoms with Gasteiger partial charge in [0.15, 0.2) is 6.79 Å². The summed E-state index contributed by atoms with van der Waals surface area (Å²) in [7, 11) is 0. The molecule has 0 aliphatic carbocycles. The molecule has 1 heterocycles. The molecular formula is C11H13NO3. The molecule has 15 heavy (non-hydrogen) atoms. The van der Waals surface area contributed by atoms with E-state index >= 15 is 0 Å². The van der Waals surface area contributed by atoms with E-state index in [0.717, 1.165) is 5.56 Å². The summed E-state index contributed by atoms with van der Waals surface area (Å²) < 4.78 is 9.86. The molecular weight excluding hydrogens is 194 g/mol. The number of pyridine rings is 1. The molecule has 0 amide bonds. The Morgan fingerprint density at radius 1 is 1.60 bits per heavy atom. The predicted molar refractivity (Wildman–Crippen MR) is 54.8 cm³/mol. The minimum Gasteiger partial charge on any atom is -0.435 e. The molecule has 4 heteroatoms. The van der Waals surface area contributed by atoms with Crippen molar-refractivity contribution in [2.24, 2.45) is 0 Å². The predicted octanol–water partition coefficient (Wildman–Crippen LogP) is 1.68. The van der Waals surface area contributed by atoms with Crippen LogP contribution in [0.5, 0.6) is 0 Å². The van der Waals surface area contributed by atoms with Crippen molar-refractivity contribution in [2.75, 3.05) is 6.79 Å². The fourth-order valence-electron chi connectivity index (χ4n) is 0.861. The van der Waals surface area contributed by atoms with Crippen molar-refractivity contribution in [1.29, 1.82) is 0 Å². The third-order valence-corrected chi connectivity index (χ3v) is 1.61. The second-order valence-electron chi connectivity index (χ2n) is 3.04. The van der Waals surface area contributed by atoms with Gasteiger partial charge in [-0.25, -0.2) is 4.79 Å². The molecule has 1 aromatic heterocycles. The van der Waals surface area contributed by atoms with Crippen LogP contribution in [0.15, 0.2) is 36.7 Å². The first-order valence-electron chi connectivity index (χ1n) is 4.49. The Balaban J connectivity index is 2.18. The van der Waals surface area contributed by atoms with Crippen LogP contribution in [0.1, 0.15) is 12.5 Å². The molecule has 80 valence electrons.